The van der Waals surface area contributed by atoms with E-state index in [1.807, 2.05) is 6.07 Å². The van der Waals surface area contributed by atoms with Crippen molar-refractivity contribution in [1.82, 2.24) is 5.32 Å². The van der Waals surface area contributed by atoms with E-state index in [9.17, 15) is 14.7 Å². The minimum atomic E-state index is -0.842. The van der Waals surface area contributed by atoms with Crippen molar-refractivity contribution in [2.24, 2.45) is 0 Å². The number of nitrogens with one attached hydrogen (secondary N) is 2. The van der Waals surface area contributed by atoms with Crippen LogP contribution in [0.5, 0.6) is 5.75 Å². The molecule has 1 aliphatic heterocycles. The average Bonchev–Trinajstić information content (AvgIpc) is 2.85. The molecule has 1 aliphatic rings. The van der Waals surface area contributed by atoms with Crippen molar-refractivity contribution in [3.05, 3.63) is 53.6 Å². The summed E-state index contributed by atoms with van der Waals surface area (Å²) in [6, 6.07) is 12.3. The molecule has 0 bridgehead atoms. The van der Waals surface area contributed by atoms with Gasteiger partial charge in [-0.25, -0.2) is 0 Å². The van der Waals surface area contributed by atoms with Gasteiger partial charge in [0.2, 0.25) is 5.91 Å². The number of aliphatic hydroxyl groups is 1. The van der Waals surface area contributed by atoms with Gasteiger partial charge in [-0.15, -0.1) is 11.8 Å². The van der Waals surface area contributed by atoms with Crippen LogP contribution in [-0.4, -0.2) is 36.3 Å². The zero-order chi connectivity index (χ0) is 18.5. The molecule has 136 valence electrons. The molecule has 0 aromatic heterocycles. The van der Waals surface area contributed by atoms with Gasteiger partial charge in [-0.1, -0.05) is 12.1 Å². The van der Waals surface area contributed by atoms with Crippen molar-refractivity contribution < 1.29 is 19.4 Å². The summed E-state index contributed by atoms with van der Waals surface area (Å²) in [7, 11) is 1.56. The Labute approximate surface area is 155 Å². The number of ether oxygens (including phenoxy) is 1. The van der Waals surface area contributed by atoms with Crippen molar-refractivity contribution in [3.8, 4) is 5.75 Å². The van der Waals surface area contributed by atoms with Crippen LogP contribution in [0.4, 0.5) is 5.69 Å². The maximum atomic E-state index is 12.4. The molecule has 1 atom stereocenters. The molecule has 0 saturated carbocycles. The quantitative estimate of drug-likeness (QED) is 0.751. The van der Waals surface area contributed by atoms with Crippen LogP contribution in [0.15, 0.2) is 47.4 Å². The van der Waals surface area contributed by atoms with Crippen molar-refractivity contribution in [3.63, 3.8) is 0 Å². The van der Waals surface area contributed by atoms with Gasteiger partial charge in [0.1, 0.15) is 5.75 Å². The molecule has 0 unspecified atom stereocenters. The highest BCUT2D eigenvalue weighted by atomic mass is 32.2. The molecule has 6 nitrogen and oxygen atoms in total. The summed E-state index contributed by atoms with van der Waals surface area (Å²) in [6.45, 7) is 0.0736. The second-order valence-electron chi connectivity index (χ2n) is 5.86. The molecule has 26 heavy (non-hydrogen) atoms. The van der Waals surface area contributed by atoms with E-state index in [0.29, 0.717) is 29.0 Å². The molecule has 3 rings (SSSR count). The minimum Gasteiger partial charge on any atom is -0.497 e. The zero-order valence-electron chi connectivity index (χ0n) is 14.3. The molecule has 2 amide bonds. The normalized spacial score (nSPS) is 14.6. The van der Waals surface area contributed by atoms with Crippen molar-refractivity contribution >= 4 is 29.3 Å². The molecule has 0 saturated heterocycles. The van der Waals surface area contributed by atoms with Gasteiger partial charge in [0, 0.05) is 29.2 Å². The monoisotopic (exact) mass is 372 g/mol. The Morgan fingerprint density at radius 3 is 3.00 bits per heavy atom. The highest BCUT2D eigenvalue weighted by Crippen LogP contribution is 2.31. The molecular weight excluding hydrogens is 352 g/mol. The van der Waals surface area contributed by atoms with Crippen molar-refractivity contribution in [2.75, 3.05) is 24.7 Å². The first-order valence-corrected chi connectivity index (χ1v) is 9.22. The summed E-state index contributed by atoms with van der Waals surface area (Å²) in [5.41, 5.74) is 1.75. The fourth-order valence-electron chi connectivity index (χ4n) is 2.62. The van der Waals surface area contributed by atoms with Crippen LogP contribution in [-0.2, 0) is 4.79 Å². The SMILES string of the molecule is COc1cccc([C@@H](O)CNC(=O)c2ccc3c(c2)NC(=O)CCS3)c1. The number of hydrogen-bond donors (Lipinski definition) is 3. The van der Waals surface area contributed by atoms with Gasteiger partial charge in [-0.3, -0.25) is 9.59 Å². The molecule has 7 heteroatoms. The van der Waals surface area contributed by atoms with Gasteiger partial charge < -0.3 is 20.5 Å². The molecule has 0 spiro atoms. The van der Waals surface area contributed by atoms with Crippen LogP contribution in [0.1, 0.15) is 28.4 Å². The Morgan fingerprint density at radius 1 is 1.35 bits per heavy atom. The number of methoxy groups -OCH3 is 1. The number of carbonyl (C=O) groups is 2. The Balaban J connectivity index is 1.65. The summed E-state index contributed by atoms with van der Waals surface area (Å²) in [6.07, 6.45) is -0.390. The third-order valence-corrected chi connectivity index (χ3v) is 5.11. The van der Waals surface area contributed by atoms with Crippen LogP contribution in [0.2, 0.25) is 0 Å². The van der Waals surface area contributed by atoms with Crippen LogP contribution in [0.25, 0.3) is 0 Å². The Morgan fingerprint density at radius 2 is 2.19 bits per heavy atom. The van der Waals surface area contributed by atoms with E-state index in [-0.39, 0.29) is 18.4 Å². The Kier molecular flexibility index (Phi) is 5.80. The number of benzene rings is 2. The lowest BCUT2D eigenvalue weighted by Crippen LogP contribution is -2.28. The summed E-state index contributed by atoms with van der Waals surface area (Å²) in [5.74, 6) is 1.00. The molecule has 2 aromatic carbocycles. The summed E-state index contributed by atoms with van der Waals surface area (Å²) in [4.78, 5) is 25.0. The smallest absolute Gasteiger partial charge is 0.251 e. The van der Waals surface area contributed by atoms with Crippen LogP contribution in [0.3, 0.4) is 0 Å². The lowest BCUT2D eigenvalue weighted by Gasteiger charge is -2.14. The second kappa shape index (κ2) is 8.25. The third-order valence-electron chi connectivity index (χ3n) is 4.04. The number of rotatable bonds is 5. The average molecular weight is 372 g/mol. The first-order chi connectivity index (χ1) is 12.6. The van der Waals surface area contributed by atoms with Gasteiger partial charge in [0.25, 0.3) is 5.91 Å². The summed E-state index contributed by atoms with van der Waals surface area (Å²) >= 11 is 1.59. The molecule has 0 radical (unpaired) electrons. The topological polar surface area (TPSA) is 87.7 Å². The molecule has 0 aliphatic carbocycles. The van der Waals surface area contributed by atoms with Gasteiger partial charge in [-0.2, -0.15) is 0 Å². The largest absolute Gasteiger partial charge is 0.497 e. The third kappa shape index (κ3) is 4.36. The zero-order valence-corrected chi connectivity index (χ0v) is 15.1. The first-order valence-electron chi connectivity index (χ1n) is 8.24. The molecule has 1 heterocycles. The van der Waals surface area contributed by atoms with Crippen LogP contribution < -0.4 is 15.4 Å². The number of hydrogen-bond acceptors (Lipinski definition) is 5. The second-order valence-corrected chi connectivity index (χ2v) is 7.00. The lowest BCUT2D eigenvalue weighted by molar-refractivity contribution is -0.115. The summed E-state index contributed by atoms with van der Waals surface area (Å²) in [5, 5.41) is 15.8. The van der Waals surface area contributed by atoms with Gasteiger partial charge in [-0.05, 0) is 35.9 Å². The molecule has 2 aromatic rings. The van der Waals surface area contributed by atoms with Crippen molar-refractivity contribution in [2.45, 2.75) is 17.4 Å². The number of anilines is 1. The first kappa shape index (κ1) is 18.3. The molecular formula is C19H20N2O4S. The standard InChI is InChI=1S/C19H20N2O4S/c1-25-14-4-2-3-12(9-14)16(22)11-20-19(24)13-5-6-17-15(10-13)21-18(23)7-8-26-17/h2-6,9-10,16,22H,7-8,11H2,1H3,(H,20,24)(H,21,23)/t16-/m0/s1. The maximum absolute atomic E-state index is 12.4. The van der Waals surface area contributed by atoms with E-state index in [2.05, 4.69) is 10.6 Å². The van der Waals surface area contributed by atoms with E-state index in [4.69, 9.17) is 4.74 Å². The fraction of sp³-hybridized carbons (Fsp3) is 0.263. The van der Waals surface area contributed by atoms with E-state index >= 15 is 0 Å². The Bertz CT molecular complexity index is 825. The fourth-order valence-corrected chi connectivity index (χ4v) is 3.56. The van der Waals surface area contributed by atoms with E-state index in [1.54, 1.807) is 55.3 Å². The van der Waals surface area contributed by atoms with Gasteiger partial charge >= 0.3 is 0 Å². The van der Waals surface area contributed by atoms with Gasteiger partial charge in [0.05, 0.1) is 18.9 Å². The van der Waals surface area contributed by atoms with E-state index in [1.165, 1.54) is 0 Å². The number of aliphatic hydroxyl groups excluding tert-OH is 1. The lowest BCUT2D eigenvalue weighted by atomic mass is 10.1. The number of carbonyl (C=O) groups excluding carboxylic acids is 2. The van der Waals surface area contributed by atoms with Crippen molar-refractivity contribution in [1.29, 1.82) is 0 Å². The molecule has 3 N–H and O–H groups in total. The van der Waals surface area contributed by atoms with E-state index in [0.717, 1.165) is 10.6 Å². The molecule has 0 fully saturated rings. The highest BCUT2D eigenvalue weighted by Gasteiger charge is 2.16. The minimum absolute atomic E-state index is 0.0535. The van der Waals surface area contributed by atoms with Crippen LogP contribution >= 0.6 is 11.8 Å². The number of thioether (sulfide) groups is 1. The predicted molar refractivity (Wildman–Crippen MR) is 101 cm³/mol. The predicted octanol–water partition coefficient (Wildman–Crippen LogP) is 2.59. The Hall–Kier alpha value is -2.51. The summed E-state index contributed by atoms with van der Waals surface area (Å²) < 4.78 is 5.14. The van der Waals surface area contributed by atoms with Crippen LogP contribution in [0, 0.1) is 0 Å². The number of fused-ring (bicyclic) bond motifs is 1. The number of amides is 2. The maximum Gasteiger partial charge on any atom is 0.251 e. The highest BCUT2D eigenvalue weighted by molar-refractivity contribution is 7.99. The van der Waals surface area contributed by atoms with Gasteiger partial charge in [0.15, 0.2) is 0 Å². The van der Waals surface area contributed by atoms with E-state index < -0.39 is 6.10 Å².